The standard InChI is InChI=1S/C13H15F2NO2/c1-2-3-11(6-7-16-17)18-9-10-4-5-12(14)13(15)8-10/h2,4-5,7-8,11,17H,1,3,6,9H2/b16-7+. The van der Waals surface area contributed by atoms with Gasteiger partial charge in [0.05, 0.1) is 12.7 Å². The molecule has 0 aliphatic rings. The molecule has 0 aliphatic carbocycles. The number of hydrogen-bond acceptors (Lipinski definition) is 3. The quantitative estimate of drug-likeness (QED) is 0.351. The Morgan fingerprint density at radius 2 is 2.11 bits per heavy atom. The molecule has 1 rings (SSSR count). The predicted octanol–water partition coefficient (Wildman–Crippen LogP) is 3.28. The van der Waals surface area contributed by atoms with Crippen molar-refractivity contribution in [3.05, 3.63) is 48.1 Å². The van der Waals surface area contributed by atoms with E-state index in [2.05, 4.69) is 11.7 Å². The van der Waals surface area contributed by atoms with Crippen LogP contribution in [-0.2, 0) is 11.3 Å². The first-order chi connectivity index (χ1) is 8.67. The van der Waals surface area contributed by atoms with Crippen molar-refractivity contribution < 1.29 is 18.7 Å². The van der Waals surface area contributed by atoms with Gasteiger partial charge in [0, 0.05) is 12.6 Å². The zero-order chi connectivity index (χ0) is 13.4. The van der Waals surface area contributed by atoms with Gasteiger partial charge in [-0.2, -0.15) is 0 Å². The zero-order valence-corrected chi connectivity index (χ0v) is 9.85. The second-order valence-corrected chi connectivity index (χ2v) is 3.74. The summed E-state index contributed by atoms with van der Waals surface area (Å²) < 4.78 is 31.2. The van der Waals surface area contributed by atoms with E-state index < -0.39 is 11.6 Å². The zero-order valence-electron chi connectivity index (χ0n) is 9.85. The number of rotatable bonds is 7. The lowest BCUT2D eigenvalue weighted by Crippen LogP contribution is -2.12. The molecule has 1 N–H and O–H groups in total. The third-order valence-electron chi connectivity index (χ3n) is 2.35. The normalized spacial score (nSPS) is 12.8. The Kier molecular flexibility index (Phi) is 6.00. The smallest absolute Gasteiger partial charge is 0.159 e. The summed E-state index contributed by atoms with van der Waals surface area (Å²) in [5.74, 6) is -1.78. The minimum absolute atomic E-state index is 0.162. The highest BCUT2D eigenvalue weighted by Crippen LogP contribution is 2.12. The summed E-state index contributed by atoms with van der Waals surface area (Å²) in [7, 11) is 0. The van der Waals surface area contributed by atoms with Crippen LogP contribution in [0.3, 0.4) is 0 Å². The van der Waals surface area contributed by atoms with E-state index in [1.807, 2.05) is 0 Å². The minimum Gasteiger partial charge on any atom is -0.411 e. The van der Waals surface area contributed by atoms with Crippen molar-refractivity contribution in [2.75, 3.05) is 0 Å². The molecule has 0 aromatic heterocycles. The van der Waals surface area contributed by atoms with Crippen LogP contribution in [0, 0.1) is 11.6 Å². The lowest BCUT2D eigenvalue weighted by atomic mass is 10.2. The maximum Gasteiger partial charge on any atom is 0.159 e. The third kappa shape index (κ3) is 4.63. The van der Waals surface area contributed by atoms with Crippen LogP contribution in [0.1, 0.15) is 18.4 Å². The van der Waals surface area contributed by atoms with Crippen LogP contribution in [-0.4, -0.2) is 17.5 Å². The number of nitrogens with zero attached hydrogens (tertiary/aromatic N) is 1. The molecule has 1 atom stereocenters. The molecule has 3 nitrogen and oxygen atoms in total. The topological polar surface area (TPSA) is 41.8 Å². The first kappa shape index (κ1) is 14.3. The molecule has 98 valence electrons. The number of ether oxygens (including phenoxy) is 1. The van der Waals surface area contributed by atoms with Gasteiger partial charge in [0.1, 0.15) is 0 Å². The summed E-state index contributed by atoms with van der Waals surface area (Å²) >= 11 is 0. The Morgan fingerprint density at radius 3 is 2.72 bits per heavy atom. The van der Waals surface area contributed by atoms with Crippen LogP contribution in [0.4, 0.5) is 8.78 Å². The molecule has 0 radical (unpaired) electrons. The van der Waals surface area contributed by atoms with Crippen molar-refractivity contribution in [3.63, 3.8) is 0 Å². The average molecular weight is 255 g/mol. The highest BCUT2D eigenvalue weighted by Gasteiger charge is 2.08. The fraction of sp³-hybridized carbons (Fsp3) is 0.308. The van der Waals surface area contributed by atoms with Crippen molar-refractivity contribution in [3.8, 4) is 0 Å². The lowest BCUT2D eigenvalue weighted by molar-refractivity contribution is 0.0476. The van der Waals surface area contributed by atoms with Crippen LogP contribution < -0.4 is 0 Å². The number of hydrogen-bond donors (Lipinski definition) is 1. The first-order valence-corrected chi connectivity index (χ1v) is 5.49. The van der Waals surface area contributed by atoms with Crippen LogP contribution >= 0.6 is 0 Å². The van der Waals surface area contributed by atoms with Gasteiger partial charge in [-0.3, -0.25) is 0 Å². The lowest BCUT2D eigenvalue weighted by Gasteiger charge is -2.14. The fourth-order valence-corrected chi connectivity index (χ4v) is 1.43. The summed E-state index contributed by atoms with van der Waals surface area (Å²) in [5, 5.41) is 11.2. The van der Waals surface area contributed by atoms with E-state index in [0.29, 0.717) is 18.4 Å². The van der Waals surface area contributed by atoms with Gasteiger partial charge in [0.15, 0.2) is 11.6 Å². The maximum atomic E-state index is 13.0. The molecular weight excluding hydrogens is 240 g/mol. The van der Waals surface area contributed by atoms with E-state index in [4.69, 9.17) is 9.94 Å². The molecule has 1 unspecified atom stereocenters. The number of oxime groups is 1. The van der Waals surface area contributed by atoms with Crippen molar-refractivity contribution >= 4 is 6.21 Å². The molecule has 0 saturated heterocycles. The number of benzene rings is 1. The molecule has 0 heterocycles. The molecule has 0 bridgehead atoms. The maximum absolute atomic E-state index is 13.0. The molecule has 5 heteroatoms. The largest absolute Gasteiger partial charge is 0.411 e. The van der Waals surface area contributed by atoms with E-state index in [0.717, 1.165) is 12.1 Å². The van der Waals surface area contributed by atoms with E-state index in [-0.39, 0.29) is 12.7 Å². The second-order valence-electron chi connectivity index (χ2n) is 3.74. The minimum atomic E-state index is -0.895. The van der Waals surface area contributed by atoms with E-state index in [1.165, 1.54) is 12.3 Å². The predicted molar refractivity (Wildman–Crippen MR) is 64.6 cm³/mol. The van der Waals surface area contributed by atoms with Gasteiger partial charge in [0.2, 0.25) is 0 Å². The molecule has 0 fully saturated rings. The van der Waals surface area contributed by atoms with Gasteiger partial charge in [-0.25, -0.2) is 8.78 Å². The molecule has 0 saturated carbocycles. The Morgan fingerprint density at radius 1 is 1.33 bits per heavy atom. The van der Waals surface area contributed by atoms with Gasteiger partial charge in [0.25, 0.3) is 0 Å². The third-order valence-corrected chi connectivity index (χ3v) is 2.35. The van der Waals surface area contributed by atoms with E-state index in [1.54, 1.807) is 6.08 Å². The van der Waals surface area contributed by atoms with E-state index in [9.17, 15) is 8.78 Å². The van der Waals surface area contributed by atoms with Crippen molar-refractivity contribution in [2.45, 2.75) is 25.6 Å². The molecular formula is C13H15F2NO2. The Bertz CT molecular complexity index is 421. The van der Waals surface area contributed by atoms with Crippen LogP contribution in [0.25, 0.3) is 0 Å². The molecule has 0 spiro atoms. The highest BCUT2D eigenvalue weighted by atomic mass is 19.2. The highest BCUT2D eigenvalue weighted by molar-refractivity contribution is 5.56. The molecule has 18 heavy (non-hydrogen) atoms. The van der Waals surface area contributed by atoms with Gasteiger partial charge in [-0.1, -0.05) is 12.1 Å². The fourth-order valence-electron chi connectivity index (χ4n) is 1.43. The van der Waals surface area contributed by atoms with Crippen molar-refractivity contribution in [1.29, 1.82) is 0 Å². The van der Waals surface area contributed by atoms with Gasteiger partial charge in [-0.15, -0.1) is 11.7 Å². The van der Waals surface area contributed by atoms with Crippen LogP contribution in [0.5, 0.6) is 0 Å². The Labute approximate surface area is 104 Å². The monoisotopic (exact) mass is 255 g/mol. The molecule has 0 aliphatic heterocycles. The summed E-state index contributed by atoms with van der Waals surface area (Å²) in [5.41, 5.74) is 0.545. The first-order valence-electron chi connectivity index (χ1n) is 5.49. The molecule has 1 aromatic rings. The average Bonchev–Trinajstić information content (AvgIpc) is 2.37. The molecule has 0 amide bonds. The van der Waals surface area contributed by atoms with Crippen molar-refractivity contribution in [2.24, 2.45) is 5.16 Å². The summed E-state index contributed by atoms with van der Waals surface area (Å²) in [6.45, 7) is 3.75. The van der Waals surface area contributed by atoms with Gasteiger partial charge < -0.3 is 9.94 Å². The van der Waals surface area contributed by atoms with E-state index >= 15 is 0 Å². The summed E-state index contributed by atoms with van der Waals surface area (Å²) in [6, 6.07) is 3.62. The van der Waals surface area contributed by atoms with Crippen molar-refractivity contribution in [1.82, 2.24) is 0 Å². The summed E-state index contributed by atoms with van der Waals surface area (Å²) in [4.78, 5) is 0. The van der Waals surface area contributed by atoms with Crippen LogP contribution in [0.2, 0.25) is 0 Å². The molecule has 1 aromatic carbocycles. The van der Waals surface area contributed by atoms with Gasteiger partial charge >= 0.3 is 0 Å². The number of halogens is 2. The SMILES string of the molecule is C=CCC(C/C=N/O)OCc1ccc(F)c(F)c1. The second kappa shape index (κ2) is 7.55. The Balaban J connectivity index is 2.54. The van der Waals surface area contributed by atoms with Gasteiger partial charge in [-0.05, 0) is 24.1 Å². The van der Waals surface area contributed by atoms with Crippen LogP contribution in [0.15, 0.2) is 36.0 Å². The Hall–Kier alpha value is -1.75. The summed E-state index contributed by atoms with van der Waals surface area (Å²) in [6.07, 6.45) is 3.80.